The minimum absolute atomic E-state index is 0.146. The fourth-order valence-corrected chi connectivity index (χ4v) is 1.86. The van der Waals surface area contributed by atoms with Crippen LogP contribution in [0, 0.1) is 0 Å². The molecule has 0 heterocycles. The zero-order valence-electron chi connectivity index (χ0n) is 9.60. The van der Waals surface area contributed by atoms with Crippen LogP contribution in [-0.4, -0.2) is 46.7 Å². The zero-order valence-corrected chi connectivity index (χ0v) is 11.1. The maximum absolute atomic E-state index is 12.1. The number of amides is 1. The first-order valence-corrected chi connectivity index (χ1v) is 6.41. The molecule has 4 nitrogen and oxygen atoms in total. The molecule has 0 saturated heterocycles. The summed E-state index contributed by atoms with van der Waals surface area (Å²) in [6.07, 6.45) is 0. The van der Waals surface area contributed by atoms with Gasteiger partial charge in [0.1, 0.15) is 0 Å². The Kier molecular flexibility index (Phi) is 5.95. The van der Waals surface area contributed by atoms with Gasteiger partial charge >= 0.3 is 5.97 Å². The van der Waals surface area contributed by atoms with Crippen molar-refractivity contribution in [3.8, 4) is 0 Å². The third kappa shape index (κ3) is 3.89. The van der Waals surface area contributed by atoms with Crippen molar-refractivity contribution in [1.82, 2.24) is 4.90 Å². The Bertz CT molecular complexity index is 414. The summed E-state index contributed by atoms with van der Waals surface area (Å²) in [5, 5.41) is 8.76. The molecule has 98 valence electrons. The highest BCUT2D eigenvalue weighted by Gasteiger charge is 2.15. The number of nitrogens with zero attached hydrogens (tertiary/aromatic N) is 1. The van der Waals surface area contributed by atoms with Gasteiger partial charge in [0.2, 0.25) is 0 Å². The fraction of sp³-hybridized carbons (Fsp3) is 0.333. The molecular formula is C12H13Cl2NO3. The first-order valence-electron chi connectivity index (χ1n) is 5.34. The number of alkyl halides is 2. The lowest BCUT2D eigenvalue weighted by Crippen LogP contribution is -2.34. The molecule has 1 aromatic carbocycles. The topological polar surface area (TPSA) is 57.6 Å². The average molecular weight is 290 g/mol. The van der Waals surface area contributed by atoms with E-state index in [0.29, 0.717) is 30.4 Å². The van der Waals surface area contributed by atoms with Gasteiger partial charge in [-0.3, -0.25) is 4.79 Å². The van der Waals surface area contributed by atoms with Crippen molar-refractivity contribution >= 4 is 35.1 Å². The predicted molar refractivity (Wildman–Crippen MR) is 70.7 cm³/mol. The van der Waals surface area contributed by atoms with Crippen molar-refractivity contribution in [3.05, 3.63) is 35.4 Å². The van der Waals surface area contributed by atoms with E-state index in [9.17, 15) is 9.59 Å². The summed E-state index contributed by atoms with van der Waals surface area (Å²) in [5.41, 5.74) is 0.572. The smallest absolute Gasteiger partial charge is 0.335 e. The average Bonchev–Trinajstić information content (AvgIpc) is 2.38. The van der Waals surface area contributed by atoms with Gasteiger partial charge in [0.05, 0.1) is 5.56 Å². The van der Waals surface area contributed by atoms with Gasteiger partial charge in [-0.05, 0) is 24.3 Å². The van der Waals surface area contributed by atoms with Crippen LogP contribution in [0.4, 0.5) is 0 Å². The molecule has 1 rings (SSSR count). The largest absolute Gasteiger partial charge is 0.478 e. The molecule has 0 fully saturated rings. The number of hydrogen-bond donors (Lipinski definition) is 1. The third-order valence-corrected chi connectivity index (χ3v) is 2.71. The third-order valence-electron chi connectivity index (χ3n) is 2.37. The number of carbonyl (C=O) groups excluding carboxylic acids is 1. The summed E-state index contributed by atoms with van der Waals surface area (Å²) < 4.78 is 0. The number of hydrogen-bond acceptors (Lipinski definition) is 2. The van der Waals surface area contributed by atoms with Crippen LogP contribution in [0.3, 0.4) is 0 Å². The van der Waals surface area contributed by atoms with Crippen LogP contribution in [-0.2, 0) is 0 Å². The maximum atomic E-state index is 12.1. The normalized spacial score (nSPS) is 10.1. The van der Waals surface area contributed by atoms with Gasteiger partial charge in [-0.1, -0.05) is 0 Å². The van der Waals surface area contributed by atoms with Crippen molar-refractivity contribution in [2.45, 2.75) is 0 Å². The lowest BCUT2D eigenvalue weighted by atomic mass is 10.1. The number of aromatic carboxylic acids is 1. The van der Waals surface area contributed by atoms with E-state index < -0.39 is 5.97 Å². The maximum Gasteiger partial charge on any atom is 0.335 e. The molecule has 0 saturated carbocycles. The molecule has 1 N–H and O–H groups in total. The summed E-state index contributed by atoms with van der Waals surface area (Å²) in [7, 11) is 0. The highest BCUT2D eigenvalue weighted by atomic mass is 35.5. The molecule has 18 heavy (non-hydrogen) atoms. The number of carboxylic acid groups (broad SMARTS) is 1. The standard InChI is InChI=1S/C12H13Cl2NO3/c13-5-7-15(8-6-14)11(16)9-1-3-10(4-2-9)12(17)18/h1-4H,5-8H2,(H,17,18). The van der Waals surface area contributed by atoms with E-state index in [-0.39, 0.29) is 11.5 Å². The highest BCUT2D eigenvalue weighted by Crippen LogP contribution is 2.08. The van der Waals surface area contributed by atoms with E-state index in [1.807, 2.05) is 0 Å². The SMILES string of the molecule is O=C(O)c1ccc(C(=O)N(CCCl)CCCl)cc1. The molecule has 0 atom stereocenters. The lowest BCUT2D eigenvalue weighted by molar-refractivity contribution is 0.0694. The molecule has 1 amide bonds. The Hall–Kier alpha value is -1.26. The van der Waals surface area contributed by atoms with E-state index in [4.69, 9.17) is 28.3 Å². The van der Waals surface area contributed by atoms with Gasteiger partial charge in [-0.25, -0.2) is 4.79 Å². The first-order chi connectivity index (χ1) is 8.60. The van der Waals surface area contributed by atoms with Crippen LogP contribution in [0.25, 0.3) is 0 Å². The van der Waals surface area contributed by atoms with E-state index in [2.05, 4.69) is 0 Å². The predicted octanol–water partition coefficient (Wildman–Crippen LogP) is 2.30. The summed E-state index contributed by atoms with van der Waals surface area (Å²) in [6, 6.07) is 5.77. The Morgan fingerprint density at radius 3 is 1.83 bits per heavy atom. The van der Waals surface area contributed by atoms with Crippen molar-refractivity contribution in [1.29, 1.82) is 0 Å². The fourth-order valence-electron chi connectivity index (χ4n) is 1.46. The lowest BCUT2D eigenvalue weighted by Gasteiger charge is -2.20. The highest BCUT2D eigenvalue weighted by molar-refractivity contribution is 6.18. The minimum Gasteiger partial charge on any atom is -0.478 e. The van der Waals surface area contributed by atoms with Crippen LogP contribution in [0.1, 0.15) is 20.7 Å². The molecule has 0 aliphatic carbocycles. The van der Waals surface area contributed by atoms with E-state index in [0.717, 1.165) is 0 Å². The van der Waals surface area contributed by atoms with Gasteiger partial charge in [0.15, 0.2) is 0 Å². The van der Waals surface area contributed by atoms with Crippen LogP contribution in [0.15, 0.2) is 24.3 Å². The van der Waals surface area contributed by atoms with Crippen molar-refractivity contribution in [2.24, 2.45) is 0 Å². The molecule has 0 aliphatic rings. The van der Waals surface area contributed by atoms with E-state index in [1.54, 1.807) is 0 Å². The molecule has 0 radical (unpaired) electrons. The molecule has 0 aliphatic heterocycles. The van der Waals surface area contributed by atoms with Gasteiger partial charge in [0, 0.05) is 30.4 Å². The molecular weight excluding hydrogens is 277 g/mol. The monoisotopic (exact) mass is 289 g/mol. The van der Waals surface area contributed by atoms with Gasteiger partial charge in [-0.2, -0.15) is 0 Å². The van der Waals surface area contributed by atoms with Crippen molar-refractivity contribution < 1.29 is 14.7 Å². The quantitative estimate of drug-likeness (QED) is 0.818. The second-order valence-electron chi connectivity index (χ2n) is 3.55. The molecule has 6 heteroatoms. The van der Waals surface area contributed by atoms with Crippen LogP contribution < -0.4 is 0 Å². The van der Waals surface area contributed by atoms with Gasteiger partial charge in [0.25, 0.3) is 5.91 Å². The zero-order chi connectivity index (χ0) is 13.5. The second-order valence-corrected chi connectivity index (χ2v) is 4.31. The van der Waals surface area contributed by atoms with E-state index in [1.165, 1.54) is 29.2 Å². The summed E-state index contributed by atoms with van der Waals surface area (Å²) in [6.45, 7) is 0.821. The van der Waals surface area contributed by atoms with Crippen molar-refractivity contribution in [2.75, 3.05) is 24.8 Å². The number of carbonyl (C=O) groups is 2. The Labute approximate surface area is 115 Å². The van der Waals surface area contributed by atoms with Crippen LogP contribution in [0.5, 0.6) is 0 Å². The number of halogens is 2. The Balaban J connectivity index is 2.84. The number of carboxylic acids is 1. The molecule has 0 aromatic heterocycles. The Morgan fingerprint density at radius 2 is 1.44 bits per heavy atom. The van der Waals surface area contributed by atoms with Crippen LogP contribution >= 0.6 is 23.2 Å². The van der Waals surface area contributed by atoms with E-state index >= 15 is 0 Å². The first kappa shape index (κ1) is 14.8. The Morgan fingerprint density at radius 1 is 1.00 bits per heavy atom. The second kappa shape index (κ2) is 7.24. The van der Waals surface area contributed by atoms with Gasteiger partial charge < -0.3 is 10.0 Å². The number of rotatable bonds is 6. The van der Waals surface area contributed by atoms with Gasteiger partial charge in [-0.15, -0.1) is 23.2 Å². The molecule has 0 spiro atoms. The summed E-state index contributed by atoms with van der Waals surface area (Å²) in [4.78, 5) is 24.3. The van der Waals surface area contributed by atoms with Crippen LogP contribution in [0.2, 0.25) is 0 Å². The summed E-state index contributed by atoms with van der Waals surface area (Å²) in [5.74, 6) is -0.563. The minimum atomic E-state index is -1.02. The molecule has 1 aromatic rings. The summed E-state index contributed by atoms with van der Waals surface area (Å²) >= 11 is 11.2. The molecule has 0 bridgehead atoms. The molecule has 0 unspecified atom stereocenters. The van der Waals surface area contributed by atoms with Crippen molar-refractivity contribution in [3.63, 3.8) is 0 Å². The number of benzene rings is 1.